The summed E-state index contributed by atoms with van der Waals surface area (Å²) < 4.78 is 30.5. The first-order valence-corrected chi connectivity index (χ1v) is 13.6. The van der Waals surface area contributed by atoms with Gasteiger partial charge in [0.25, 0.3) is 0 Å². The Hall–Kier alpha value is -3.15. The van der Waals surface area contributed by atoms with E-state index < -0.39 is 11.8 Å². The van der Waals surface area contributed by atoms with Gasteiger partial charge in [-0.3, -0.25) is 4.90 Å². The third-order valence-corrected chi connectivity index (χ3v) is 7.08. The van der Waals surface area contributed by atoms with Gasteiger partial charge in [0.05, 0.1) is 18.2 Å². The van der Waals surface area contributed by atoms with Crippen LogP contribution >= 0.6 is 0 Å². The Balaban J connectivity index is 1.64. The predicted octanol–water partition coefficient (Wildman–Crippen LogP) is 4.96. The van der Waals surface area contributed by atoms with Crippen molar-refractivity contribution in [1.82, 2.24) is 10.2 Å². The second-order valence-corrected chi connectivity index (χ2v) is 9.66. The molecule has 0 aliphatic carbocycles. The lowest BCUT2D eigenvalue weighted by Crippen LogP contribution is -2.50. The highest BCUT2D eigenvalue weighted by molar-refractivity contribution is 5.71. The molecule has 1 aliphatic rings. The Morgan fingerprint density at radius 1 is 1.11 bits per heavy atom. The zero-order chi connectivity index (χ0) is 27.3. The number of aryl methyl sites for hydroxylation is 1. The highest BCUT2D eigenvalue weighted by Gasteiger charge is 2.23. The van der Waals surface area contributed by atoms with Gasteiger partial charge in [0, 0.05) is 38.3 Å². The first-order chi connectivity index (χ1) is 18.4. The maximum absolute atomic E-state index is 13.9. The highest BCUT2D eigenvalue weighted by Crippen LogP contribution is 2.30. The van der Waals surface area contributed by atoms with E-state index in [4.69, 9.17) is 14.2 Å². The molecule has 38 heavy (non-hydrogen) atoms. The van der Waals surface area contributed by atoms with Crippen LogP contribution in [0.2, 0.25) is 0 Å². The summed E-state index contributed by atoms with van der Waals surface area (Å²) in [6, 6.07) is 12.7. The molecule has 0 radical (unpaired) electrons. The maximum Gasteiger partial charge on any atom is 0.344 e. The van der Waals surface area contributed by atoms with E-state index in [9.17, 15) is 14.4 Å². The lowest BCUT2D eigenvalue weighted by atomic mass is 9.88. The maximum atomic E-state index is 13.9. The van der Waals surface area contributed by atoms with Crippen molar-refractivity contribution in [2.75, 3.05) is 46.0 Å². The van der Waals surface area contributed by atoms with Crippen LogP contribution in [0.25, 0.3) is 0 Å². The molecule has 0 spiro atoms. The summed E-state index contributed by atoms with van der Waals surface area (Å²) >= 11 is 0. The molecule has 8 heteroatoms. The second-order valence-electron chi connectivity index (χ2n) is 9.66. The highest BCUT2D eigenvalue weighted by atomic mass is 19.1. The van der Waals surface area contributed by atoms with Crippen molar-refractivity contribution in [3.05, 3.63) is 58.9 Å². The number of nitriles is 1. The van der Waals surface area contributed by atoms with Crippen LogP contribution in [0.5, 0.6) is 11.5 Å². The van der Waals surface area contributed by atoms with Gasteiger partial charge in [-0.05, 0) is 68.4 Å². The van der Waals surface area contributed by atoms with Crippen molar-refractivity contribution in [1.29, 1.82) is 5.26 Å². The molecule has 2 atom stereocenters. The third kappa shape index (κ3) is 8.71. The number of rotatable bonds is 14. The fourth-order valence-electron chi connectivity index (χ4n) is 4.93. The van der Waals surface area contributed by atoms with Gasteiger partial charge in [-0.2, -0.15) is 5.26 Å². The molecule has 1 N–H and O–H groups in total. The summed E-state index contributed by atoms with van der Waals surface area (Å²) in [4.78, 5) is 14.2. The van der Waals surface area contributed by atoms with Gasteiger partial charge in [0.2, 0.25) is 0 Å². The summed E-state index contributed by atoms with van der Waals surface area (Å²) in [6.07, 6.45) is 4.09. The van der Waals surface area contributed by atoms with Crippen molar-refractivity contribution >= 4 is 5.97 Å². The number of piperazine rings is 1. The molecule has 1 saturated heterocycles. The smallest absolute Gasteiger partial charge is 0.344 e. The average Bonchev–Trinajstić information content (AvgIpc) is 2.93. The number of hydrogen-bond donors (Lipinski definition) is 1. The Bertz CT molecular complexity index is 1080. The molecule has 206 valence electrons. The largest absolute Gasteiger partial charge is 0.488 e. The van der Waals surface area contributed by atoms with E-state index in [-0.39, 0.29) is 25.0 Å². The van der Waals surface area contributed by atoms with Crippen LogP contribution in [-0.4, -0.2) is 62.9 Å². The minimum absolute atomic E-state index is 0.194. The van der Waals surface area contributed by atoms with Crippen molar-refractivity contribution in [3.8, 4) is 17.6 Å². The average molecular weight is 526 g/mol. The first-order valence-electron chi connectivity index (χ1n) is 13.6. The molecule has 2 aromatic rings. The zero-order valence-corrected chi connectivity index (χ0v) is 22.8. The Morgan fingerprint density at radius 3 is 2.58 bits per heavy atom. The number of carbonyl (C=O) groups is 1. The standard InChI is InChI=1S/C30H40FN3O4/c1-4-23(24-9-10-25(19-32)22(3)17-24)7-6-8-27(34-15-13-33-14-16-34)20-37-28-12-11-26(31)18-29(28)38-21-30(35)36-5-2/h9-12,17-18,23,27,33H,4-8,13-16,20-21H2,1-3H3. The molecule has 2 unspecified atom stereocenters. The molecular weight excluding hydrogens is 485 g/mol. The summed E-state index contributed by atoms with van der Waals surface area (Å²) in [5.41, 5.74) is 3.04. The van der Waals surface area contributed by atoms with Gasteiger partial charge in [0.15, 0.2) is 18.1 Å². The SMILES string of the molecule is CCOC(=O)COc1cc(F)ccc1OCC(CCCC(CC)c1ccc(C#N)c(C)c1)N1CCNCC1. The molecule has 1 heterocycles. The van der Waals surface area contributed by atoms with Crippen molar-refractivity contribution in [2.24, 2.45) is 0 Å². The monoisotopic (exact) mass is 525 g/mol. The zero-order valence-electron chi connectivity index (χ0n) is 22.8. The predicted molar refractivity (Wildman–Crippen MR) is 145 cm³/mol. The van der Waals surface area contributed by atoms with Gasteiger partial charge < -0.3 is 19.5 Å². The van der Waals surface area contributed by atoms with Gasteiger partial charge in [-0.1, -0.05) is 25.5 Å². The summed E-state index contributed by atoms with van der Waals surface area (Å²) in [5.74, 6) is 0.0727. The van der Waals surface area contributed by atoms with Crippen LogP contribution < -0.4 is 14.8 Å². The molecule has 1 aliphatic heterocycles. The summed E-state index contributed by atoms with van der Waals surface area (Å²) in [6.45, 7) is 10.1. The van der Waals surface area contributed by atoms with E-state index >= 15 is 0 Å². The molecule has 1 fully saturated rings. The fourth-order valence-corrected chi connectivity index (χ4v) is 4.93. The van der Waals surface area contributed by atoms with Crippen LogP contribution in [0.1, 0.15) is 62.1 Å². The van der Waals surface area contributed by atoms with Crippen LogP contribution in [0.3, 0.4) is 0 Å². The number of halogens is 1. The number of nitrogens with one attached hydrogen (secondary N) is 1. The molecule has 0 aromatic heterocycles. The Morgan fingerprint density at radius 2 is 1.89 bits per heavy atom. The van der Waals surface area contributed by atoms with Crippen LogP contribution in [0.15, 0.2) is 36.4 Å². The van der Waals surface area contributed by atoms with Gasteiger partial charge >= 0.3 is 5.97 Å². The number of esters is 1. The first kappa shape index (κ1) is 29.4. The molecule has 0 saturated carbocycles. The lowest BCUT2D eigenvalue weighted by molar-refractivity contribution is -0.145. The fraction of sp³-hybridized carbons (Fsp3) is 0.533. The Labute approximate surface area is 225 Å². The molecule has 3 rings (SSSR count). The minimum Gasteiger partial charge on any atom is -0.488 e. The molecular formula is C30H40FN3O4. The number of carbonyl (C=O) groups excluding carboxylic acids is 1. The van der Waals surface area contributed by atoms with Crippen molar-refractivity contribution in [3.63, 3.8) is 0 Å². The number of hydrogen-bond acceptors (Lipinski definition) is 7. The van der Waals surface area contributed by atoms with E-state index in [2.05, 4.69) is 35.3 Å². The van der Waals surface area contributed by atoms with Gasteiger partial charge in [-0.15, -0.1) is 0 Å². The van der Waals surface area contributed by atoms with E-state index in [0.717, 1.165) is 63.0 Å². The van der Waals surface area contributed by atoms with Gasteiger partial charge in [-0.25, -0.2) is 9.18 Å². The molecule has 7 nitrogen and oxygen atoms in total. The molecule has 0 bridgehead atoms. The lowest BCUT2D eigenvalue weighted by Gasteiger charge is -2.35. The minimum atomic E-state index is -0.510. The summed E-state index contributed by atoms with van der Waals surface area (Å²) in [7, 11) is 0. The van der Waals surface area contributed by atoms with Crippen molar-refractivity contribution in [2.45, 2.75) is 58.4 Å². The van der Waals surface area contributed by atoms with E-state index in [1.54, 1.807) is 13.0 Å². The number of benzene rings is 2. The van der Waals surface area contributed by atoms with Crippen LogP contribution in [0, 0.1) is 24.1 Å². The van der Waals surface area contributed by atoms with Crippen LogP contribution in [-0.2, 0) is 9.53 Å². The number of ether oxygens (including phenoxy) is 3. The van der Waals surface area contributed by atoms with E-state index in [1.807, 2.05) is 13.0 Å². The van der Waals surface area contributed by atoms with Crippen LogP contribution in [0.4, 0.5) is 4.39 Å². The second kappa shape index (κ2) is 15.3. The van der Waals surface area contributed by atoms with Gasteiger partial charge in [0.1, 0.15) is 12.4 Å². The summed E-state index contributed by atoms with van der Waals surface area (Å²) in [5, 5.41) is 12.7. The van der Waals surface area contributed by atoms with E-state index in [0.29, 0.717) is 18.3 Å². The Kier molecular flexibility index (Phi) is 11.8. The topological polar surface area (TPSA) is 83.8 Å². The van der Waals surface area contributed by atoms with Crippen molar-refractivity contribution < 1.29 is 23.4 Å². The molecule has 2 aromatic carbocycles. The quantitative estimate of drug-likeness (QED) is 0.349. The molecule has 0 amide bonds. The third-order valence-electron chi connectivity index (χ3n) is 7.08. The van der Waals surface area contributed by atoms with E-state index in [1.165, 1.54) is 17.7 Å². The normalized spacial score (nSPS) is 15.3. The number of nitrogens with zero attached hydrogens (tertiary/aromatic N) is 2.